The van der Waals surface area contributed by atoms with E-state index >= 15 is 0 Å². The van der Waals surface area contributed by atoms with E-state index in [1.165, 1.54) is 37.7 Å². The van der Waals surface area contributed by atoms with Crippen molar-refractivity contribution < 1.29 is 4.42 Å². The van der Waals surface area contributed by atoms with Crippen molar-refractivity contribution in [2.24, 2.45) is 9.98 Å². The van der Waals surface area contributed by atoms with E-state index in [4.69, 9.17) is 14.4 Å². The van der Waals surface area contributed by atoms with Crippen molar-refractivity contribution in [3.63, 3.8) is 0 Å². The average Bonchev–Trinajstić information content (AvgIpc) is 3.94. The molecule has 59 heavy (non-hydrogen) atoms. The molecule has 0 amide bonds. The highest BCUT2D eigenvalue weighted by molar-refractivity contribution is 6.21. The van der Waals surface area contributed by atoms with Crippen LogP contribution in [0.1, 0.15) is 17.4 Å². The fourth-order valence-electron chi connectivity index (χ4n) is 9.46. The number of aromatic nitrogens is 2. The summed E-state index contributed by atoms with van der Waals surface area (Å²) in [5.41, 5.74) is 8.74. The summed E-state index contributed by atoms with van der Waals surface area (Å²) in [6.45, 7) is 0. The van der Waals surface area contributed by atoms with Crippen molar-refractivity contribution in [2.45, 2.75) is 6.29 Å². The van der Waals surface area contributed by atoms with Crippen LogP contribution in [0.4, 0.5) is 0 Å². The third-order valence-electron chi connectivity index (χ3n) is 12.1. The van der Waals surface area contributed by atoms with E-state index in [-0.39, 0.29) is 0 Å². The van der Waals surface area contributed by atoms with Gasteiger partial charge in [0.05, 0.1) is 22.1 Å². The lowest BCUT2D eigenvalue weighted by atomic mass is 10.0. The molecule has 0 saturated heterocycles. The Morgan fingerprint density at radius 2 is 1.02 bits per heavy atom. The second-order valence-corrected chi connectivity index (χ2v) is 15.4. The summed E-state index contributed by atoms with van der Waals surface area (Å²) in [7, 11) is 0. The molecule has 6 nitrogen and oxygen atoms in total. The van der Waals surface area contributed by atoms with Crippen molar-refractivity contribution in [1.29, 1.82) is 0 Å². The maximum Gasteiger partial charge on any atom is 0.204 e. The zero-order valence-corrected chi connectivity index (χ0v) is 31.7. The Balaban J connectivity index is 1.17. The number of rotatable bonds is 4. The number of para-hydroxylation sites is 3. The van der Waals surface area contributed by atoms with Gasteiger partial charge in [0.15, 0.2) is 11.4 Å². The van der Waals surface area contributed by atoms with Crippen molar-refractivity contribution in [3.05, 3.63) is 199 Å². The summed E-state index contributed by atoms with van der Waals surface area (Å²) in [5, 5.41) is 15.3. The van der Waals surface area contributed by atoms with Gasteiger partial charge in [0.1, 0.15) is 17.1 Å². The van der Waals surface area contributed by atoms with Crippen LogP contribution in [0.3, 0.4) is 0 Å². The zero-order valence-electron chi connectivity index (χ0n) is 31.7. The molecule has 13 rings (SSSR count). The van der Waals surface area contributed by atoms with E-state index in [2.05, 4.69) is 196 Å². The molecular formula is C53H33N5O. The largest absolute Gasteiger partial charge is 0.454 e. The van der Waals surface area contributed by atoms with E-state index < -0.39 is 6.29 Å². The first-order valence-corrected chi connectivity index (χ1v) is 20.0. The third kappa shape index (κ3) is 4.74. The van der Waals surface area contributed by atoms with Gasteiger partial charge in [-0.3, -0.25) is 0 Å². The molecule has 0 radical (unpaired) electrons. The lowest BCUT2D eigenvalue weighted by molar-refractivity contribution is 0.515. The van der Waals surface area contributed by atoms with Gasteiger partial charge < -0.3 is 18.9 Å². The third-order valence-corrected chi connectivity index (χ3v) is 12.1. The molecule has 1 N–H and O–H groups in total. The first-order valence-electron chi connectivity index (χ1n) is 20.0. The van der Waals surface area contributed by atoms with Crippen molar-refractivity contribution >= 4 is 98.8 Å². The first kappa shape index (κ1) is 32.2. The molecule has 0 fully saturated rings. The van der Waals surface area contributed by atoms with Gasteiger partial charge in [-0.2, -0.15) is 0 Å². The standard InChI is InChI=1S/C53H33N5O/c1-2-14-32(15-3-1)51-54-52(56-53(55-51)58-45-24-12-8-20-37(45)38-21-9-13-25-46(38)58)41-27-26-40-43-29-34-17-5-7-19-36(34)31-48(43)59-50(40)49(41)57-44-23-11-10-22-39(44)42-28-33-16-4-6-18-35(33)30-47(42)57/h1-31,53H,(H,54,55,56). The Bertz CT molecular complexity index is 3720. The van der Waals surface area contributed by atoms with E-state index in [0.29, 0.717) is 5.84 Å². The molecule has 4 heterocycles. The number of nitrogens with zero attached hydrogens (tertiary/aromatic N) is 4. The van der Waals surface area contributed by atoms with Gasteiger partial charge in [-0.1, -0.05) is 133 Å². The van der Waals surface area contributed by atoms with Crippen LogP contribution in [0, 0.1) is 0 Å². The molecule has 1 unspecified atom stereocenters. The van der Waals surface area contributed by atoms with Gasteiger partial charge in [0.25, 0.3) is 0 Å². The highest BCUT2D eigenvalue weighted by Gasteiger charge is 2.29. The highest BCUT2D eigenvalue weighted by atomic mass is 16.3. The second kappa shape index (κ2) is 12.3. The fourth-order valence-corrected chi connectivity index (χ4v) is 9.46. The highest BCUT2D eigenvalue weighted by Crippen LogP contribution is 2.43. The van der Waals surface area contributed by atoms with Crippen molar-refractivity contribution in [3.8, 4) is 5.69 Å². The smallest absolute Gasteiger partial charge is 0.204 e. The molecule has 9 aromatic carbocycles. The van der Waals surface area contributed by atoms with E-state index in [1.807, 2.05) is 6.07 Å². The lowest BCUT2D eigenvalue weighted by Gasteiger charge is -2.26. The molecule has 3 aromatic heterocycles. The average molecular weight is 756 g/mol. The molecule has 6 heteroatoms. The molecule has 0 aliphatic carbocycles. The summed E-state index contributed by atoms with van der Waals surface area (Å²) in [5.74, 6) is 1.36. The maximum atomic E-state index is 7.11. The van der Waals surface area contributed by atoms with Gasteiger partial charge in [-0.15, -0.1) is 0 Å². The summed E-state index contributed by atoms with van der Waals surface area (Å²) < 4.78 is 11.8. The van der Waals surface area contributed by atoms with Gasteiger partial charge in [-0.05, 0) is 76.1 Å². The van der Waals surface area contributed by atoms with Crippen LogP contribution < -0.4 is 5.32 Å². The van der Waals surface area contributed by atoms with Gasteiger partial charge in [-0.25, -0.2) is 9.98 Å². The Hall–Kier alpha value is -7.96. The topological polar surface area (TPSA) is 59.8 Å². The number of benzene rings is 9. The molecule has 1 aliphatic heterocycles. The van der Waals surface area contributed by atoms with Crippen LogP contribution in [0.25, 0.3) is 92.8 Å². The molecule has 0 spiro atoms. The number of hydrogen-bond acceptors (Lipinski definition) is 4. The number of furan rings is 1. The Morgan fingerprint density at radius 1 is 0.458 bits per heavy atom. The number of fused-ring (bicyclic) bond motifs is 11. The molecular weight excluding hydrogens is 723 g/mol. The van der Waals surface area contributed by atoms with Crippen molar-refractivity contribution in [2.75, 3.05) is 0 Å². The Labute approximate surface area is 337 Å². The van der Waals surface area contributed by atoms with Gasteiger partial charge >= 0.3 is 0 Å². The Kier molecular flexibility index (Phi) is 6.69. The number of hydrogen-bond donors (Lipinski definition) is 1. The van der Waals surface area contributed by atoms with Crippen molar-refractivity contribution in [1.82, 2.24) is 14.5 Å². The summed E-state index contributed by atoms with van der Waals surface area (Å²) in [6, 6.07) is 66.7. The molecule has 1 atom stereocenters. The summed E-state index contributed by atoms with van der Waals surface area (Å²) in [4.78, 5) is 11.0. The number of aliphatic imine (C=N–C) groups is 2. The zero-order chi connectivity index (χ0) is 38.6. The molecule has 276 valence electrons. The van der Waals surface area contributed by atoms with Crippen LogP contribution in [-0.2, 0) is 0 Å². The second-order valence-electron chi connectivity index (χ2n) is 15.4. The van der Waals surface area contributed by atoms with Crippen LogP contribution >= 0.6 is 0 Å². The van der Waals surface area contributed by atoms with Crippen LogP contribution in [0.15, 0.2) is 202 Å². The van der Waals surface area contributed by atoms with Crippen LogP contribution in [0.2, 0.25) is 0 Å². The predicted octanol–water partition coefficient (Wildman–Crippen LogP) is 13.1. The minimum Gasteiger partial charge on any atom is -0.454 e. The van der Waals surface area contributed by atoms with E-state index in [9.17, 15) is 0 Å². The van der Waals surface area contributed by atoms with E-state index in [1.54, 1.807) is 0 Å². The summed E-state index contributed by atoms with van der Waals surface area (Å²) >= 11 is 0. The first-order chi connectivity index (χ1) is 29.2. The van der Waals surface area contributed by atoms with Gasteiger partial charge in [0, 0.05) is 43.4 Å². The minimum absolute atomic E-state index is 0.505. The molecule has 1 aliphatic rings. The monoisotopic (exact) mass is 755 g/mol. The van der Waals surface area contributed by atoms with Crippen LogP contribution in [0.5, 0.6) is 0 Å². The lowest BCUT2D eigenvalue weighted by Crippen LogP contribution is -2.36. The van der Waals surface area contributed by atoms with Gasteiger partial charge in [0.2, 0.25) is 6.29 Å². The quantitative estimate of drug-likeness (QED) is 0.194. The SMILES string of the molecule is c1ccc(C2=NC(c3ccc4c(oc5cc6ccccc6cc54)c3-n3c4ccccc4c4cc5ccccc5cc43)=NC(n3c4ccccc4c4ccccc43)N2)cc1. The number of amidine groups is 2. The predicted molar refractivity (Wildman–Crippen MR) is 244 cm³/mol. The maximum absolute atomic E-state index is 7.11. The molecule has 0 bridgehead atoms. The number of nitrogens with one attached hydrogen (secondary N) is 1. The van der Waals surface area contributed by atoms with E-state index in [0.717, 1.165) is 72.0 Å². The molecule has 12 aromatic rings. The fraction of sp³-hybridized carbons (Fsp3) is 0.0189. The minimum atomic E-state index is -0.505. The van der Waals surface area contributed by atoms with Crippen LogP contribution in [-0.4, -0.2) is 20.8 Å². The normalized spacial score (nSPS) is 14.6. The molecule has 0 saturated carbocycles. The summed E-state index contributed by atoms with van der Waals surface area (Å²) in [6.07, 6.45) is -0.505. The Morgan fingerprint density at radius 3 is 1.71 bits per heavy atom.